The Labute approximate surface area is 110 Å². The number of carbonyl (C=O) groups is 1. The zero-order valence-electron chi connectivity index (χ0n) is 9.56. The minimum atomic E-state index is -5.41. The lowest BCUT2D eigenvalue weighted by atomic mass is 10.2. The molecule has 14 heteroatoms. The molecule has 0 rings (SSSR count). The Morgan fingerprint density at radius 2 is 1.50 bits per heavy atom. The summed E-state index contributed by atoms with van der Waals surface area (Å²) in [4.78, 5) is 45.7. The first-order chi connectivity index (χ1) is 8.65. The minimum absolute atomic E-state index is 1.03. The van der Waals surface area contributed by atoms with Crippen molar-refractivity contribution in [2.24, 2.45) is 0 Å². The van der Waals surface area contributed by atoms with Crippen molar-refractivity contribution < 1.29 is 51.8 Å². The van der Waals surface area contributed by atoms with Crippen molar-refractivity contribution >= 4 is 21.1 Å². The maximum Gasteiger partial charge on any atom is 0.414 e. The van der Waals surface area contributed by atoms with Crippen LogP contribution in [-0.4, -0.2) is 48.4 Å². The molecule has 1 atom stereocenters. The van der Waals surface area contributed by atoms with E-state index in [-0.39, 0.29) is 0 Å². The quantitative estimate of drug-likeness (QED) is 0.349. The molecule has 6 N–H and O–H groups in total. The lowest BCUT2D eigenvalue weighted by molar-refractivity contribution is -0.205. The molecule has 0 aromatic rings. The number of halogens is 3. The van der Waals surface area contributed by atoms with Gasteiger partial charge in [-0.1, -0.05) is 0 Å². The molecule has 0 aliphatic rings. The van der Waals surface area contributed by atoms with E-state index in [0.29, 0.717) is 0 Å². The smallest absolute Gasteiger partial charge is 0.384 e. The van der Waals surface area contributed by atoms with Gasteiger partial charge in [0.05, 0.1) is 0 Å². The number of hydrogen-bond acceptors (Lipinski definition) is 4. The minimum Gasteiger partial charge on any atom is -0.384 e. The van der Waals surface area contributed by atoms with E-state index in [2.05, 4.69) is 0 Å². The molecule has 120 valence electrons. The largest absolute Gasteiger partial charge is 0.414 e. The van der Waals surface area contributed by atoms with Crippen molar-refractivity contribution in [1.82, 2.24) is 5.32 Å². The van der Waals surface area contributed by atoms with Crippen LogP contribution in [0.25, 0.3) is 0 Å². The molecule has 0 spiro atoms. The van der Waals surface area contributed by atoms with Crippen LogP contribution in [0.5, 0.6) is 0 Å². The van der Waals surface area contributed by atoms with E-state index < -0.39 is 51.7 Å². The van der Waals surface area contributed by atoms with Crippen LogP contribution in [0.1, 0.15) is 12.8 Å². The van der Waals surface area contributed by atoms with Crippen LogP contribution in [-0.2, 0) is 13.9 Å². The van der Waals surface area contributed by atoms with Gasteiger partial charge in [0.15, 0.2) is 0 Å². The monoisotopic (exact) mass is 345 g/mol. The van der Waals surface area contributed by atoms with Gasteiger partial charge in [0.1, 0.15) is 6.10 Å². The third kappa shape index (κ3) is 6.80. The summed E-state index contributed by atoms with van der Waals surface area (Å²) in [6, 6.07) is 0. The third-order valence-corrected chi connectivity index (χ3v) is 5.29. The summed E-state index contributed by atoms with van der Waals surface area (Å²) >= 11 is 0. The van der Waals surface area contributed by atoms with Crippen LogP contribution in [0.2, 0.25) is 0 Å². The number of hydrogen-bond donors (Lipinski definition) is 6. The predicted octanol–water partition coefficient (Wildman–Crippen LogP) is -0.555. The highest BCUT2D eigenvalue weighted by Crippen LogP contribution is 2.58. The van der Waals surface area contributed by atoms with Gasteiger partial charge in [-0.2, -0.15) is 13.2 Å². The molecule has 1 unspecified atom stereocenters. The van der Waals surface area contributed by atoms with Crippen molar-refractivity contribution in [3.8, 4) is 0 Å². The molecule has 0 heterocycles. The number of carbonyl (C=O) groups excluding carboxylic acids is 1. The second-order valence-electron chi connectivity index (χ2n) is 3.72. The number of aliphatic hydroxyl groups is 1. The van der Waals surface area contributed by atoms with Gasteiger partial charge in [-0.25, -0.2) is 0 Å². The molecule has 0 aromatic heterocycles. The molecular formula is C6H12F3NO8P2. The van der Waals surface area contributed by atoms with Gasteiger partial charge >= 0.3 is 21.4 Å². The van der Waals surface area contributed by atoms with Crippen molar-refractivity contribution in [3.63, 3.8) is 0 Å². The highest BCUT2D eigenvalue weighted by molar-refractivity contribution is 7.70. The van der Waals surface area contributed by atoms with Crippen molar-refractivity contribution in [3.05, 3.63) is 0 Å². The number of aliphatic hydroxyl groups excluding tert-OH is 1. The molecule has 0 saturated carbocycles. The van der Waals surface area contributed by atoms with Gasteiger partial charge in [0.25, 0.3) is 0 Å². The van der Waals surface area contributed by atoms with Gasteiger partial charge in [0.2, 0.25) is 11.4 Å². The van der Waals surface area contributed by atoms with Crippen molar-refractivity contribution in [1.29, 1.82) is 0 Å². The summed E-state index contributed by atoms with van der Waals surface area (Å²) < 4.78 is 57.3. The second kappa shape index (κ2) is 6.52. The van der Waals surface area contributed by atoms with E-state index in [0.717, 1.165) is 0 Å². The number of nitrogens with one attached hydrogen (secondary N) is 1. The SMILES string of the molecule is O=C(CCC(O)C(F)(F)F)NC(P(=O)(O)O)P(=O)(O)O. The van der Waals surface area contributed by atoms with Gasteiger partial charge in [0, 0.05) is 6.42 Å². The van der Waals surface area contributed by atoms with E-state index >= 15 is 0 Å². The Hall–Kier alpha value is -0.480. The van der Waals surface area contributed by atoms with Gasteiger partial charge < -0.3 is 30.0 Å². The van der Waals surface area contributed by atoms with Crippen molar-refractivity contribution in [2.45, 2.75) is 30.6 Å². The molecule has 0 aromatic carbocycles. The van der Waals surface area contributed by atoms with E-state index in [1.807, 2.05) is 0 Å². The first-order valence-electron chi connectivity index (χ1n) is 4.80. The molecule has 0 fully saturated rings. The summed E-state index contributed by atoms with van der Waals surface area (Å²) in [5.41, 5.74) is -2.84. The van der Waals surface area contributed by atoms with Crippen LogP contribution < -0.4 is 5.32 Å². The third-order valence-electron chi connectivity index (χ3n) is 1.95. The van der Waals surface area contributed by atoms with Crippen LogP contribution >= 0.6 is 15.2 Å². The topological polar surface area (TPSA) is 164 Å². The van der Waals surface area contributed by atoms with Gasteiger partial charge in [-0.15, -0.1) is 0 Å². The van der Waals surface area contributed by atoms with Gasteiger partial charge in [-0.05, 0) is 6.42 Å². The maximum absolute atomic E-state index is 11.9. The number of amides is 1. The fraction of sp³-hybridized carbons (Fsp3) is 0.833. The summed E-state index contributed by atoms with van der Waals surface area (Å²) in [6.07, 6.45) is -9.97. The highest BCUT2D eigenvalue weighted by atomic mass is 31.2. The predicted molar refractivity (Wildman–Crippen MR) is 57.3 cm³/mol. The molecule has 0 aliphatic carbocycles. The molecule has 9 nitrogen and oxygen atoms in total. The Kier molecular flexibility index (Phi) is 6.37. The van der Waals surface area contributed by atoms with Crippen LogP contribution in [0, 0.1) is 0 Å². The van der Waals surface area contributed by atoms with Gasteiger partial charge in [-0.3, -0.25) is 13.9 Å². The summed E-state index contributed by atoms with van der Waals surface area (Å²) in [7, 11) is -10.8. The fourth-order valence-corrected chi connectivity index (χ4v) is 3.20. The summed E-state index contributed by atoms with van der Waals surface area (Å²) in [5, 5.41) is 9.84. The second-order valence-corrected chi connectivity index (χ2v) is 7.51. The number of alkyl halides is 3. The Morgan fingerprint density at radius 1 is 1.10 bits per heavy atom. The lowest BCUT2D eigenvalue weighted by Gasteiger charge is -2.21. The van der Waals surface area contributed by atoms with Crippen LogP contribution in [0.3, 0.4) is 0 Å². The van der Waals surface area contributed by atoms with E-state index in [4.69, 9.17) is 24.7 Å². The Morgan fingerprint density at radius 3 is 1.80 bits per heavy atom. The maximum atomic E-state index is 11.9. The summed E-state index contributed by atoms with van der Waals surface area (Å²) in [5.74, 6) is -1.45. The molecule has 0 saturated heterocycles. The standard InChI is InChI=1S/C6H12F3NO8P2/c7-6(8,9)3(11)1-2-4(12)10-5(19(13,14)15)20(16,17)18/h3,5,11H,1-2H2,(H,10,12)(H2,13,14,15)(H2,16,17,18). The van der Waals surface area contributed by atoms with E-state index in [1.54, 1.807) is 0 Å². The Balaban J connectivity index is 4.67. The normalized spacial score (nSPS) is 15.2. The molecule has 0 radical (unpaired) electrons. The van der Waals surface area contributed by atoms with Crippen LogP contribution in [0.4, 0.5) is 13.2 Å². The van der Waals surface area contributed by atoms with Crippen molar-refractivity contribution in [2.75, 3.05) is 0 Å². The lowest BCUT2D eigenvalue weighted by Crippen LogP contribution is -2.36. The first-order valence-corrected chi connectivity index (χ1v) is 8.16. The average Bonchev–Trinajstić information content (AvgIpc) is 2.17. The average molecular weight is 345 g/mol. The molecular weight excluding hydrogens is 333 g/mol. The van der Waals surface area contributed by atoms with E-state index in [9.17, 15) is 27.1 Å². The molecule has 0 aliphatic heterocycles. The van der Waals surface area contributed by atoms with Crippen LogP contribution in [0.15, 0.2) is 0 Å². The summed E-state index contributed by atoms with van der Waals surface area (Å²) in [6.45, 7) is 0. The highest BCUT2D eigenvalue weighted by Gasteiger charge is 2.45. The zero-order chi connectivity index (χ0) is 16.4. The number of rotatable bonds is 6. The molecule has 20 heavy (non-hydrogen) atoms. The fourth-order valence-electron chi connectivity index (χ4n) is 1.01. The Bertz CT molecular complexity index is 420. The first kappa shape index (κ1) is 19.5. The van der Waals surface area contributed by atoms with E-state index in [1.165, 1.54) is 5.32 Å². The zero-order valence-corrected chi connectivity index (χ0v) is 11.3. The molecule has 0 bridgehead atoms. The molecule has 1 amide bonds.